The van der Waals surface area contributed by atoms with E-state index in [0.29, 0.717) is 31.0 Å². The number of aromatic nitrogens is 1. The van der Waals surface area contributed by atoms with Gasteiger partial charge in [-0.05, 0) is 23.8 Å². The number of benzene rings is 1. The molecule has 1 saturated heterocycles. The van der Waals surface area contributed by atoms with E-state index in [1.807, 2.05) is 24.3 Å². The minimum atomic E-state index is -0.0809. The number of hydrogen-bond acceptors (Lipinski definition) is 4. The van der Waals surface area contributed by atoms with E-state index in [4.69, 9.17) is 10.5 Å². The molecule has 5 heteroatoms. The number of nitrogens with one attached hydrogen (secondary N) is 1. The minimum Gasteiger partial charge on any atom is -0.397 e. The zero-order valence-electron chi connectivity index (χ0n) is 12.5. The predicted octanol–water partition coefficient (Wildman–Crippen LogP) is 2.10. The number of carbonyl (C=O) groups is 1. The molecule has 3 N–H and O–H groups in total. The molecule has 0 radical (unpaired) electrons. The summed E-state index contributed by atoms with van der Waals surface area (Å²) in [5.74, 6) is -0.0809. The first-order chi connectivity index (χ1) is 10.6. The minimum absolute atomic E-state index is 0.0583. The van der Waals surface area contributed by atoms with Crippen LogP contribution in [0.1, 0.15) is 17.3 Å². The predicted molar refractivity (Wildman–Crippen MR) is 85.3 cm³/mol. The van der Waals surface area contributed by atoms with Gasteiger partial charge >= 0.3 is 0 Å². The molecule has 2 heterocycles. The number of rotatable bonds is 4. The van der Waals surface area contributed by atoms with Gasteiger partial charge in [0, 0.05) is 29.3 Å². The van der Waals surface area contributed by atoms with Crippen LogP contribution in [0.3, 0.4) is 0 Å². The van der Waals surface area contributed by atoms with Crippen molar-refractivity contribution in [3.05, 3.63) is 48.3 Å². The Morgan fingerprint density at radius 1 is 1.41 bits per heavy atom. The standard InChI is InChI=1S/C17H19N3O2/c1-17(10-22-11-17)9-20-16(21)13-4-2-3-12(7-13)14-5-6-19-8-15(14)18/h2-8H,9-11,18H2,1H3,(H,20,21). The maximum Gasteiger partial charge on any atom is 0.251 e. The van der Waals surface area contributed by atoms with Gasteiger partial charge in [0.15, 0.2) is 0 Å². The third-order valence-electron chi connectivity index (χ3n) is 3.86. The van der Waals surface area contributed by atoms with Crippen LogP contribution in [0.25, 0.3) is 11.1 Å². The van der Waals surface area contributed by atoms with Gasteiger partial charge in [0.2, 0.25) is 0 Å². The Kier molecular flexibility index (Phi) is 3.81. The molecule has 1 aliphatic rings. The van der Waals surface area contributed by atoms with Crippen molar-refractivity contribution in [3.63, 3.8) is 0 Å². The number of hydrogen-bond donors (Lipinski definition) is 2. The number of pyridine rings is 1. The quantitative estimate of drug-likeness (QED) is 0.906. The van der Waals surface area contributed by atoms with Crippen LogP contribution in [-0.4, -0.2) is 30.6 Å². The highest BCUT2D eigenvalue weighted by molar-refractivity contribution is 5.95. The Morgan fingerprint density at radius 2 is 2.23 bits per heavy atom. The normalized spacial score (nSPS) is 15.9. The first-order valence-corrected chi connectivity index (χ1v) is 7.23. The molecular weight excluding hydrogens is 278 g/mol. The summed E-state index contributed by atoms with van der Waals surface area (Å²) < 4.78 is 5.19. The molecule has 2 aromatic rings. The van der Waals surface area contributed by atoms with Gasteiger partial charge in [0.25, 0.3) is 5.91 Å². The van der Waals surface area contributed by atoms with Crippen LogP contribution in [0.5, 0.6) is 0 Å². The molecule has 3 rings (SSSR count). The second kappa shape index (κ2) is 5.77. The number of ether oxygens (including phenoxy) is 1. The van der Waals surface area contributed by atoms with E-state index in [-0.39, 0.29) is 11.3 Å². The van der Waals surface area contributed by atoms with Gasteiger partial charge in [0.05, 0.1) is 25.1 Å². The number of nitrogens with two attached hydrogens (primary N) is 1. The van der Waals surface area contributed by atoms with E-state index in [1.54, 1.807) is 18.5 Å². The zero-order valence-corrected chi connectivity index (χ0v) is 12.5. The molecule has 5 nitrogen and oxygen atoms in total. The number of amides is 1. The molecule has 1 aromatic carbocycles. The van der Waals surface area contributed by atoms with Gasteiger partial charge in [-0.1, -0.05) is 19.1 Å². The van der Waals surface area contributed by atoms with E-state index >= 15 is 0 Å². The Morgan fingerprint density at radius 3 is 2.91 bits per heavy atom. The van der Waals surface area contributed by atoms with Crippen molar-refractivity contribution < 1.29 is 9.53 Å². The largest absolute Gasteiger partial charge is 0.397 e. The summed E-state index contributed by atoms with van der Waals surface area (Å²) in [6.45, 7) is 4.11. The van der Waals surface area contributed by atoms with E-state index in [1.165, 1.54) is 0 Å². The Balaban J connectivity index is 1.76. The summed E-state index contributed by atoms with van der Waals surface area (Å²) in [4.78, 5) is 16.3. The number of carbonyl (C=O) groups excluding carboxylic acids is 1. The van der Waals surface area contributed by atoms with Crippen LogP contribution in [0.4, 0.5) is 5.69 Å². The van der Waals surface area contributed by atoms with Gasteiger partial charge in [0.1, 0.15) is 0 Å². The van der Waals surface area contributed by atoms with Crippen molar-refractivity contribution >= 4 is 11.6 Å². The molecular formula is C17H19N3O2. The summed E-state index contributed by atoms with van der Waals surface area (Å²) in [7, 11) is 0. The lowest BCUT2D eigenvalue weighted by Crippen LogP contribution is -2.48. The van der Waals surface area contributed by atoms with Gasteiger partial charge in [-0.3, -0.25) is 9.78 Å². The van der Waals surface area contributed by atoms with Crippen LogP contribution in [-0.2, 0) is 4.74 Å². The van der Waals surface area contributed by atoms with Crippen LogP contribution in [0.15, 0.2) is 42.7 Å². The van der Waals surface area contributed by atoms with Crippen molar-refractivity contribution in [1.29, 1.82) is 0 Å². The van der Waals surface area contributed by atoms with Crippen molar-refractivity contribution in [1.82, 2.24) is 10.3 Å². The SMILES string of the molecule is CC1(CNC(=O)c2cccc(-c3ccncc3N)c2)COC1. The molecule has 22 heavy (non-hydrogen) atoms. The Hall–Kier alpha value is -2.40. The fraction of sp³-hybridized carbons (Fsp3) is 0.294. The number of nitrogen functional groups attached to an aromatic ring is 1. The first kappa shape index (κ1) is 14.5. The molecule has 0 atom stereocenters. The fourth-order valence-electron chi connectivity index (χ4n) is 2.45. The smallest absolute Gasteiger partial charge is 0.251 e. The van der Waals surface area contributed by atoms with Crippen molar-refractivity contribution in [2.45, 2.75) is 6.92 Å². The number of anilines is 1. The third-order valence-corrected chi connectivity index (χ3v) is 3.86. The lowest BCUT2D eigenvalue weighted by molar-refractivity contribution is -0.0978. The molecule has 0 spiro atoms. The fourth-order valence-corrected chi connectivity index (χ4v) is 2.45. The monoisotopic (exact) mass is 297 g/mol. The van der Waals surface area contributed by atoms with Crippen LogP contribution >= 0.6 is 0 Å². The van der Waals surface area contributed by atoms with Crippen LogP contribution in [0.2, 0.25) is 0 Å². The second-order valence-electron chi connectivity index (χ2n) is 6.03. The van der Waals surface area contributed by atoms with E-state index in [2.05, 4.69) is 17.2 Å². The number of nitrogens with zero attached hydrogens (tertiary/aromatic N) is 1. The molecule has 114 valence electrons. The van der Waals surface area contributed by atoms with Gasteiger partial charge < -0.3 is 15.8 Å². The van der Waals surface area contributed by atoms with Crippen molar-refractivity contribution in [2.24, 2.45) is 5.41 Å². The highest BCUT2D eigenvalue weighted by Gasteiger charge is 2.33. The van der Waals surface area contributed by atoms with Crippen molar-refractivity contribution in [2.75, 3.05) is 25.5 Å². The molecule has 1 aliphatic heterocycles. The molecule has 1 fully saturated rings. The summed E-state index contributed by atoms with van der Waals surface area (Å²) in [6, 6.07) is 9.29. The lowest BCUT2D eigenvalue weighted by atomic mass is 9.88. The van der Waals surface area contributed by atoms with E-state index < -0.39 is 0 Å². The molecule has 1 aromatic heterocycles. The zero-order chi connectivity index (χ0) is 15.6. The van der Waals surface area contributed by atoms with Crippen LogP contribution < -0.4 is 11.1 Å². The summed E-state index contributed by atoms with van der Waals surface area (Å²) in [5.41, 5.74) is 9.01. The average molecular weight is 297 g/mol. The maximum atomic E-state index is 12.3. The second-order valence-corrected chi connectivity index (χ2v) is 6.03. The summed E-state index contributed by atoms with van der Waals surface area (Å²) in [6.07, 6.45) is 3.30. The Labute approximate surface area is 129 Å². The first-order valence-electron chi connectivity index (χ1n) is 7.23. The van der Waals surface area contributed by atoms with E-state index in [9.17, 15) is 4.79 Å². The molecule has 0 bridgehead atoms. The maximum absolute atomic E-state index is 12.3. The highest BCUT2D eigenvalue weighted by Crippen LogP contribution is 2.26. The van der Waals surface area contributed by atoms with Gasteiger partial charge in [-0.15, -0.1) is 0 Å². The van der Waals surface area contributed by atoms with Gasteiger partial charge in [-0.25, -0.2) is 0 Å². The third kappa shape index (κ3) is 2.94. The molecule has 0 aliphatic carbocycles. The average Bonchev–Trinajstić information content (AvgIpc) is 2.51. The molecule has 0 unspecified atom stereocenters. The topological polar surface area (TPSA) is 77.2 Å². The lowest BCUT2D eigenvalue weighted by Gasteiger charge is -2.38. The Bertz CT molecular complexity index is 696. The van der Waals surface area contributed by atoms with Crippen LogP contribution in [0, 0.1) is 5.41 Å². The highest BCUT2D eigenvalue weighted by atomic mass is 16.5. The van der Waals surface area contributed by atoms with Crippen molar-refractivity contribution in [3.8, 4) is 11.1 Å². The summed E-state index contributed by atoms with van der Waals surface area (Å²) in [5, 5.41) is 2.97. The van der Waals surface area contributed by atoms with E-state index in [0.717, 1.165) is 11.1 Å². The molecule has 0 saturated carbocycles. The molecule has 1 amide bonds. The summed E-state index contributed by atoms with van der Waals surface area (Å²) >= 11 is 0. The van der Waals surface area contributed by atoms with Gasteiger partial charge in [-0.2, -0.15) is 0 Å².